The van der Waals surface area contributed by atoms with E-state index in [9.17, 15) is 9.18 Å². The third-order valence-electron chi connectivity index (χ3n) is 8.81. The highest BCUT2D eigenvalue weighted by Gasteiger charge is 2.27. The molecule has 6 rings (SSSR count). The molecule has 2 aliphatic heterocycles. The molecule has 3 fully saturated rings. The number of nitrogens with zero attached hydrogens (tertiary/aromatic N) is 3. The molecule has 1 aromatic heterocycles. The topological polar surface area (TPSA) is 102 Å². The lowest BCUT2D eigenvalue weighted by molar-refractivity contribution is 0.0155. The van der Waals surface area contributed by atoms with Crippen molar-refractivity contribution < 1.29 is 23.4 Å². The second kappa shape index (κ2) is 16.4. The Kier molecular flexibility index (Phi) is 12.3. The number of pyridine rings is 1. The summed E-state index contributed by atoms with van der Waals surface area (Å²) >= 11 is 4.59. The van der Waals surface area contributed by atoms with Crippen molar-refractivity contribution in [2.24, 2.45) is 5.73 Å². The van der Waals surface area contributed by atoms with Crippen LogP contribution in [0.4, 0.5) is 4.39 Å². The molecule has 0 spiro atoms. The highest BCUT2D eigenvalue weighted by atomic mass is 35.5. The van der Waals surface area contributed by atoms with Gasteiger partial charge in [0.2, 0.25) is 5.88 Å². The monoisotopic (exact) mass is 671 g/mol. The van der Waals surface area contributed by atoms with Crippen molar-refractivity contribution in [2.45, 2.75) is 56.3 Å². The highest BCUT2D eigenvalue weighted by Crippen LogP contribution is 2.39. The zero-order chi connectivity index (χ0) is 31.2. The van der Waals surface area contributed by atoms with Gasteiger partial charge in [0.1, 0.15) is 22.6 Å². The van der Waals surface area contributed by atoms with Gasteiger partial charge in [-0.05, 0) is 42.9 Å². The predicted octanol–water partition coefficient (Wildman–Crippen LogP) is 5.02. The molecule has 3 N–H and O–H groups in total. The fraction of sp³-hybridized carbons (Fsp3) is 0.471. The molecular weight excluding hydrogens is 629 g/mol. The van der Waals surface area contributed by atoms with Crippen molar-refractivity contribution in [1.82, 2.24) is 20.1 Å². The zero-order valence-electron chi connectivity index (χ0n) is 25.9. The Morgan fingerprint density at radius 2 is 1.76 bits per heavy atom. The third kappa shape index (κ3) is 8.77. The Hall–Kier alpha value is -2.77. The van der Waals surface area contributed by atoms with Crippen LogP contribution in [0.25, 0.3) is 11.1 Å². The molecule has 2 saturated heterocycles. The zero-order valence-corrected chi connectivity index (χ0v) is 27.6. The number of benzene rings is 2. The summed E-state index contributed by atoms with van der Waals surface area (Å²) in [7, 11) is 0. The number of hydrogen-bond donors (Lipinski definition) is 3. The van der Waals surface area contributed by atoms with Gasteiger partial charge in [0.15, 0.2) is 0 Å². The summed E-state index contributed by atoms with van der Waals surface area (Å²) in [6.07, 6.45) is 4.34. The van der Waals surface area contributed by atoms with Gasteiger partial charge in [0, 0.05) is 62.5 Å². The largest absolute Gasteiger partial charge is 0.437 e. The number of rotatable bonds is 9. The Morgan fingerprint density at radius 1 is 1.02 bits per heavy atom. The number of amides is 1. The van der Waals surface area contributed by atoms with E-state index in [0.717, 1.165) is 73.8 Å². The maximum absolute atomic E-state index is 14.6. The van der Waals surface area contributed by atoms with E-state index in [-0.39, 0.29) is 41.4 Å². The number of aromatic nitrogens is 1. The van der Waals surface area contributed by atoms with Crippen LogP contribution in [0.1, 0.15) is 47.2 Å². The lowest BCUT2D eigenvalue weighted by Crippen LogP contribution is -2.40. The van der Waals surface area contributed by atoms with Crippen LogP contribution < -0.4 is 15.8 Å². The molecule has 3 heterocycles. The first-order chi connectivity index (χ1) is 21.9. The van der Waals surface area contributed by atoms with E-state index in [2.05, 4.69) is 57.0 Å². The van der Waals surface area contributed by atoms with Crippen LogP contribution in [0.2, 0.25) is 0 Å². The standard InChI is InChI=1S/C34H42FN5O4S.ClH/c35-25-18-29(33(41)38-27-9-7-26(36)8-10-27)34(37-19-25)44-32-24(20-39-12-15-42-16-13-39)6-11-28(23-4-2-1-3-5-23)30(32)21-40-14-17-43-31(45)22-40;/h1-6,11,18-19,26-27,31,45H,7-10,12-17,20-22,36H2,(H,38,41);1H. The van der Waals surface area contributed by atoms with Crippen LogP contribution in [-0.2, 0) is 22.6 Å². The molecule has 0 bridgehead atoms. The van der Waals surface area contributed by atoms with E-state index >= 15 is 0 Å². The summed E-state index contributed by atoms with van der Waals surface area (Å²) in [6.45, 7) is 6.10. The molecule has 1 unspecified atom stereocenters. The van der Waals surface area contributed by atoms with E-state index in [1.807, 2.05) is 18.2 Å². The second-order valence-electron chi connectivity index (χ2n) is 12.1. The maximum Gasteiger partial charge on any atom is 0.257 e. The predicted molar refractivity (Wildman–Crippen MR) is 181 cm³/mol. The van der Waals surface area contributed by atoms with Crippen molar-refractivity contribution in [3.05, 3.63) is 77.2 Å². The molecule has 9 nitrogen and oxygen atoms in total. The minimum absolute atomic E-state index is 0. The Morgan fingerprint density at radius 3 is 2.50 bits per heavy atom. The van der Waals surface area contributed by atoms with Gasteiger partial charge in [-0.1, -0.05) is 42.5 Å². The van der Waals surface area contributed by atoms with Crippen LogP contribution in [0.15, 0.2) is 54.7 Å². The van der Waals surface area contributed by atoms with Crippen LogP contribution >= 0.6 is 25.0 Å². The second-order valence-corrected chi connectivity index (χ2v) is 12.7. The van der Waals surface area contributed by atoms with Crippen molar-refractivity contribution in [1.29, 1.82) is 0 Å². The molecule has 1 amide bonds. The molecule has 1 aliphatic carbocycles. The van der Waals surface area contributed by atoms with Gasteiger partial charge in [0.05, 0.1) is 26.0 Å². The Labute approximate surface area is 281 Å². The molecular formula is C34H43ClFN5O4S. The average Bonchev–Trinajstić information content (AvgIpc) is 3.05. The first-order valence-corrected chi connectivity index (χ1v) is 16.4. The summed E-state index contributed by atoms with van der Waals surface area (Å²) in [5, 5.41) is 3.08. The number of morpholine rings is 2. The first kappa shape index (κ1) is 34.6. The van der Waals surface area contributed by atoms with Crippen LogP contribution in [0.3, 0.4) is 0 Å². The fourth-order valence-corrected chi connectivity index (χ4v) is 6.65. The van der Waals surface area contributed by atoms with Crippen molar-refractivity contribution in [3.63, 3.8) is 0 Å². The summed E-state index contributed by atoms with van der Waals surface area (Å²) in [5.74, 6) is -0.302. The number of carbonyl (C=O) groups excluding carboxylic acids is 1. The summed E-state index contributed by atoms with van der Waals surface area (Å²) < 4.78 is 32.7. The van der Waals surface area contributed by atoms with Crippen molar-refractivity contribution in [3.8, 4) is 22.8 Å². The smallest absolute Gasteiger partial charge is 0.257 e. The SMILES string of the molecule is Cl.NC1CCC(NC(=O)c2cc(F)cnc2Oc2c(CN3CCOCC3)ccc(-c3ccccc3)c2CN2CCOC(S)C2)CC1. The van der Waals surface area contributed by atoms with Crippen LogP contribution in [-0.4, -0.2) is 84.2 Å². The fourth-order valence-electron chi connectivity index (χ4n) is 6.32. The summed E-state index contributed by atoms with van der Waals surface area (Å²) in [5.41, 5.74) is 9.95. The molecule has 1 saturated carbocycles. The van der Waals surface area contributed by atoms with Gasteiger partial charge in [-0.3, -0.25) is 14.6 Å². The molecule has 46 heavy (non-hydrogen) atoms. The first-order valence-electron chi connectivity index (χ1n) is 15.8. The van der Waals surface area contributed by atoms with E-state index < -0.39 is 11.7 Å². The summed E-state index contributed by atoms with van der Waals surface area (Å²) in [4.78, 5) is 22.6. The lowest BCUT2D eigenvalue weighted by Gasteiger charge is -2.33. The van der Waals surface area contributed by atoms with Crippen LogP contribution in [0.5, 0.6) is 11.6 Å². The highest BCUT2D eigenvalue weighted by molar-refractivity contribution is 7.80. The number of thiol groups is 1. The molecule has 248 valence electrons. The van der Waals surface area contributed by atoms with E-state index in [1.165, 1.54) is 6.07 Å². The van der Waals surface area contributed by atoms with Crippen molar-refractivity contribution in [2.75, 3.05) is 46.0 Å². The number of nitrogens with one attached hydrogen (secondary N) is 1. The van der Waals surface area contributed by atoms with E-state index in [1.54, 1.807) is 0 Å². The van der Waals surface area contributed by atoms with E-state index in [0.29, 0.717) is 45.2 Å². The molecule has 12 heteroatoms. The number of nitrogens with two attached hydrogens (primary N) is 1. The average molecular weight is 672 g/mol. The van der Waals surface area contributed by atoms with Crippen molar-refractivity contribution >= 4 is 30.9 Å². The number of halogens is 2. The van der Waals surface area contributed by atoms with E-state index in [4.69, 9.17) is 19.9 Å². The van der Waals surface area contributed by atoms with Crippen LogP contribution in [0, 0.1) is 5.82 Å². The minimum atomic E-state index is -0.599. The van der Waals surface area contributed by atoms with Gasteiger partial charge < -0.3 is 25.3 Å². The number of carbonyl (C=O) groups is 1. The Balaban J connectivity index is 0.00000417. The number of ether oxygens (including phenoxy) is 3. The van der Waals surface area contributed by atoms with Gasteiger partial charge in [0.25, 0.3) is 5.91 Å². The number of hydrogen-bond acceptors (Lipinski definition) is 9. The molecule has 3 aromatic rings. The van der Waals surface area contributed by atoms with Gasteiger partial charge in [-0.25, -0.2) is 9.37 Å². The molecule has 0 radical (unpaired) electrons. The maximum atomic E-state index is 14.6. The third-order valence-corrected chi connectivity index (χ3v) is 9.12. The normalized spacial score (nSPS) is 22.5. The van der Waals surface area contributed by atoms with Gasteiger partial charge in [-0.2, -0.15) is 0 Å². The quantitative estimate of drug-likeness (QED) is 0.273. The minimum Gasteiger partial charge on any atom is -0.437 e. The lowest BCUT2D eigenvalue weighted by atomic mass is 9.91. The molecule has 2 aromatic carbocycles. The Bertz CT molecular complexity index is 1460. The van der Waals surface area contributed by atoms with Gasteiger partial charge in [-0.15, -0.1) is 25.0 Å². The van der Waals surface area contributed by atoms with Gasteiger partial charge >= 0.3 is 0 Å². The molecule has 1 atom stereocenters. The summed E-state index contributed by atoms with van der Waals surface area (Å²) in [6, 6.07) is 15.7. The molecule has 3 aliphatic rings.